The lowest BCUT2D eigenvalue weighted by molar-refractivity contribution is -0.138. The van der Waals surface area contributed by atoms with Gasteiger partial charge in [0.05, 0.1) is 0 Å². The van der Waals surface area contributed by atoms with Crippen molar-refractivity contribution in [1.29, 1.82) is 0 Å². The quantitative estimate of drug-likeness (QED) is 0.825. The maximum absolute atomic E-state index is 11.8. The molecule has 2 saturated heterocycles. The monoisotopic (exact) mass is 317 g/mol. The molecule has 0 bridgehead atoms. The summed E-state index contributed by atoms with van der Waals surface area (Å²) in [5, 5.41) is 2.32. The molecular formula is C17H23N3O3. The van der Waals surface area contributed by atoms with Gasteiger partial charge >= 0.3 is 0 Å². The number of piperazine rings is 1. The fourth-order valence-corrected chi connectivity index (χ4v) is 2.93. The highest BCUT2D eigenvalue weighted by Gasteiger charge is 2.28. The Labute approximate surface area is 136 Å². The van der Waals surface area contributed by atoms with Crippen molar-refractivity contribution in [3.05, 3.63) is 29.8 Å². The molecule has 2 aliphatic rings. The molecule has 1 unspecified atom stereocenters. The number of nitrogens with zero attached hydrogens (tertiary/aromatic N) is 2. The molecule has 2 heterocycles. The van der Waals surface area contributed by atoms with E-state index in [4.69, 9.17) is 4.74 Å². The van der Waals surface area contributed by atoms with Gasteiger partial charge in [0.25, 0.3) is 5.91 Å². The zero-order valence-corrected chi connectivity index (χ0v) is 13.5. The van der Waals surface area contributed by atoms with Crippen LogP contribution in [0.3, 0.4) is 0 Å². The first-order valence-electron chi connectivity index (χ1n) is 8.10. The molecule has 1 N–H and O–H groups in total. The number of imide groups is 1. The molecule has 6 nitrogen and oxygen atoms in total. The number of amides is 2. The number of carbonyl (C=O) groups excluding carboxylic acids is 2. The predicted octanol–water partition coefficient (Wildman–Crippen LogP) is 0.618. The Morgan fingerprint density at radius 1 is 1.22 bits per heavy atom. The van der Waals surface area contributed by atoms with Crippen LogP contribution in [0.15, 0.2) is 24.3 Å². The molecule has 1 aromatic rings. The summed E-state index contributed by atoms with van der Waals surface area (Å²) in [7, 11) is 2.14. The van der Waals surface area contributed by atoms with Crippen molar-refractivity contribution in [3.63, 3.8) is 0 Å². The molecule has 0 saturated carbocycles. The first kappa shape index (κ1) is 16.0. The zero-order chi connectivity index (χ0) is 16.2. The van der Waals surface area contributed by atoms with Crippen LogP contribution in [-0.2, 0) is 16.1 Å². The Kier molecular flexibility index (Phi) is 4.93. The molecule has 2 aliphatic heterocycles. The predicted molar refractivity (Wildman–Crippen MR) is 86.0 cm³/mol. The fourth-order valence-electron chi connectivity index (χ4n) is 2.93. The standard InChI is InChI=1S/C17H23N3O3/c1-19-7-9-20(10-8-19)12-13-3-2-4-14(11-13)23-15-5-6-16(21)18-17(15)22/h2-4,11,15H,5-10,12H2,1H3,(H,18,21,22). The molecule has 1 aromatic carbocycles. The van der Waals surface area contributed by atoms with Crippen molar-refractivity contribution in [2.45, 2.75) is 25.5 Å². The van der Waals surface area contributed by atoms with E-state index in [0.717, 1.165) is 32.7 Å². The van der Waals surface area contributed by atoms with Crippen molar-refractivity contribution in [2.24, 2.45) is 0 Å². The van der Waals surface area contributed by atoms with Crippen molar-refractivity contribution in [2.75, 3.05) is 33.2 Å². The second-order valence-corrected chi connectivity index (χ2v) is 6.28. The molecule has 124 valence electrons. The van der Waals surface area contributed by atoms with Gasteiger partial charge in [-0.1, -0.05) is 12.1 Å². The van der Waals surface area contributed by atoms with Gasteiger partial charge in [-0.15, -0.1) is 0 Å². The first-order valence-corrected chi connectivity index (χ1v) is 8.10. The Morgan fingerprint density at radius 2 is 2.00 bits per heavy atom. The molecule has 1 atom stereocenters. The summed E-state index contributed by atoms with van der Waals surface area (Å²) in [4.78, 5) is 27.7. The molecule has 0 aromatic heterocycles. The number of benzene rings is 1. The van der Waals surface area contributed by atoms with Gasteiger partial charge in [-0.05, 0) is 24.7 Å². The Hall–Kier alpha value is -1.92. The highest BCUT2D eigenvalue weighted by molar-refractivity contribution is 5.99. The van der Waals surface area contributed by atoms with E-state index >= 15 is 0 Å². The number of hydrogen-bond donors (Lipinski definition) is 1. The molecule has 0 spiro atoms. The van der Waals surface area contributed by atoms with Gasteiger partial charge < -0.3 is 9.64 Å². The highest BCUT2D eigenvalue weighted by Crippen LogP contribution is 2.19. The molecule has 6 heteroatoms. The van der Waals surface area contributed by atoms with Gasteiger partial charge in [0.2, 0.25) is 5.91 Å². The minimum Gasteiger partial charge on any atom is -0.481 e. The van der Waals surface area contributed by atoms with E-state index in [9.17, 15) is 9.59 Å². The van der Waals surface area contributed by atoms with Crippen LogP contribution in [0.1, 0.15) is 18.4 Å². The van der Waals surface area contributed by atoms with Crippen molar-refractivity contribution in [3.8, 4) is 5.75 Å². The Bertz CT molecular complexity index is 582. The van der Waals surface area contributed by atoms with E-state index in [2.05, 4.69) is 28.2 Å². The van der Waals surface area contributed by atoms with Crippen LogP contribution in [0.25, 0.3) is 0 Å². The number of ether oxygens (including phenoxy) is 1. The third-order valence-corrected chi connectivity index (χ3v) is 4.37. The van der Waals surface area contributed by atoms with Gasteiger partial charge in [-0.25, -0.2) is 0 Å². The van der Waals surface area contributed by atoms with Crippen LogP contribution in [0.2, 0.25) is 0 Å². The van der Waals surface area contributed by atoms with Crippen molar-refractivity contribution in [1.82, 2.24) is 15.1 Å². The van der Waals surface area contributed by atoms with Gasteiger partial charge in [-0.3, -0.25) is 19.8 Å². The van der Waals surface area contributed by atoms with Crippen LogP contribution in [0.4, 0.5) is 0 Å². The highest BCUT2D eigenvalue weighted by atomic mass is 16.5. The molecule has 0 radical (unpaired) electrons. The summed E-state index contributed by atoms with van der Waals surface area (Å²) >= 11 is 0. The van der Waals surface area contributed by atoms with Crippen molar-refractivity contribution < 1.29 is 14.3 Å². The molecule has 3 rings (SSSR count). The van der Waals surface area contributed by atoms with E-state index in [0.29, 0.717) is 18.6 Å². The lowest BCUT2D eigenvalue weighted by Crippen LogP contribution is -2.46. The minimum atomic E-state index is -0.577. The molecular weight excluding hydrogens is 294 g/mol. The topological polar surface area (TPSA) is 61.9 Å². The summed E-state index contributed by atoms with van der Waals surface area (Å²) in [6.45, 7) is 5.20. The zero-order valence-electron chi connectivity index (χ0n) is 13.5. The molecule has 2 amide bonds. The Morgan fingerprint density at radius 3 is 2.74 bits per heavy atom. The summed E-state index contributed by atoms with van der Waals surface area (Å²) in [5.41, 5.74) is 1.18. The van der Waals surface area contributed by atoms with Gasteiger partial charge in [0.15, 0.2) is 6.10 Å². The third kappa shape index (κ3) is 4.30. The number of hydrogen-bond acceptors (Lipinski definition) is 5. The third-order valence-electron chi connectivity index (χ3n) is 4.37. The molecule has 2 fully saturated rings. The van der Waals surface area contributed by atoms with Crippen LogP contribution < -0.4 is 10.1 Å². The molecule has 23 heavy (non-hydrogen) atoms. The van der Waals surface area contributed by atoms with E-state index in [1.807, 2.05) is 18.2 Å². The van der Waals surface area contributed by atoms with Gasteiger partial charge in [-0.2, -0.15) is 0 Å². The lowest BCUT2D eigenvalue weighted by atomic mass is 10.1. The van der Waals surface area contributed by atoms with Gasteiger partial charge in [0.1, 0.15) is 5.75 Å². The average Bonchev–Trinajstić information content (AvgIpc) is 2.53. The largest absolute Gasteiger partial charge is 0.481 e. The summed E-state index contributed by atoms with van der Waals surface area (Å²) in [5.74, 6) is 0.121. The van der Waals surface area contributed by atoms with Crippen LogP contribution in [-0.4, -0.2) is 60.9 Å². The second-order valence-electron chi connectivity index (χ2n) is 6.28. The number of piperidine rings is 1. The number of rotatable bonds is 4. The summed E-state index contributed by atoms with van der Waals surface area (Å²) in [6.07, 6.45) is 0.191. The average molecular weight is 317 g/mol. The number of carbonyl (C=O) groups is 2. The first-order chi connectivity index (χ1) is 11.1. The number of likely N-dealkylation sites (N-methyl/N-ethyl adjacent to an activating group) is 1. The SMILES string of the molecule is CN1CCN(Cc2cccc(OC3CCC(=O)NC3=O)c2)CC1. The minimum absolute atomic E-state index is 0.223. The summed E-state index contributed by atoms with van der Waals surface area (Å²) in [6, 6.07) is 7.88. The van der Waals surface area contributed by atoms with E-state index in [1.165, 1.54) is 5.56 Å². The second kappa shape index (κ2) is 7.10. The summed E-state index contributed by atoms with van der Waals surface area (Å²) < 4.78 is 5.77. The smallest absolute Gasteiger partial charge is 0.267 e. The fraction of sp³-hybridized carbons (Fsp3) is 0.529. The Balaban J connectivity index is 1.59. The van der Waals surface area contributed by atoms with Crippen LogP contribution >= 0.6 is 0 Å². The number of nitrogens with one attached hydrogen (secondary N) is 1. The maximum atomic E-state index is 11.8. The normalized spacial score (nSPS) is 23.6. The maximum Gasteiger partial charge on any atom is 0.267 e. The van der Waals surface area contributed by atoms with Crippen LogP contribution in [0, 0.1) is 0 Å². The van der Waals surface area contributed by atoms with E-state index in [-0.39, 0.29) is 11.8 Å². The van der Waals surface area contributed by atoms with Crippen molar-refractivity contribution >= 4 is 11.8 Å². The van der Waals surface area contributed by atoms with E-state index < -0.39 is 6.10 Å². The molecule has 0 aliphatic carbocycles. The van der Waals surface area contributed by atoms with E-state index in [1.54, 1.807) is 0 Å². The lowest BCUT2D eigenvalue weighted by Gasteiger charge is -2.32. The van der Waals surface area contributed by atoms with Crippen LogP contribution in [0.5, 0.6) is 5.75 Å². The van der Waals surface area contributed by atoms with Gasteiger partial charge in [0, 0.05) is 45.6 Å².